The van der Waals surface area contributed by atoms with Gasteiger partial charge in [0.15, 0.2) is 0 Å². The lowest BCUT2D eigenvalue weighted by molar-refractivity contribution is -0.145. The summed E-state index contributed by atoms with van der Waals surface area (Å²) in [5, 5.41) is 0. The highest BCUT2D eigenvalue weighted by atomic mass is 16.5. The smallest absolute Gasteiger partial charge is 0.302 e. The van der Waals surface area contributed by atoms with Crippen LogP contribution in [-0.4, -0.2) is 35.8 Å². The number of fused-ring (bicyclic) bond motifs is 1. The van der Waals surface area contributed by atoms with Crippen LogP contribution in [0.15, 0.2) is 12.2 Å². The number of esters is 1. The lowest BCUT2D eigenvalue weighted by Crippen LogP contribution is -2.35. The Morgan fingerprint density at radius 1 is 1.25 bits per heavy atom. The van der Waals surface area contributed by atoms with Crippen molar-refractivity contribution in [2.75, 3.05) is 13.2 Å². The van der Waals surface area contributed by atoms with E-state index in [0.29, 0.717) is 6.54 Å². The van der Waals surface area contributed by atoms with Crippen LogP contribution >= 0.6 is 0 Å². The molecule has 1 heterocycles. The van der Waals surface area contributed by atoms with Crippen LogP contribution < -0.4 is 0 Å². The van der Waals surface area contributed by atoms with Crippen LogP contribution in [0.4, 0.5) is 0 Å². The van der Waals surface area contributed by atoms with Gasteiger partial charge in [0, 0.05) is 19.4 Å². The van der Waals surface area contributed by atoms with Crippen molar-refractivity contribution in [3.8, 4) is 0 Å². The summed E-state index contributed by atoms with van der Waals surface area (Å²) in [6.45, 7) is 5.88. The first-order valence-corrected chi connectivity index (χ1v) is 7.14. The van der Waals surface area contributed by atoms with E-state index in [-0.39, 0.29) is 48.1 Å². The van der Waals surface area contributed by atoms with Gasteiger partial charge in [-0.1, -0.05) is 26.0 Å². The van der Waals surface area contributed by atoms with E-state index in [1.165, 1.54) is 11.8 Å². The van der Waals surface area contributed by atoms with Gasteiger partial charge in [-0.2, -0.15) is 0 Å². The van der Waals surface area contributed by atoms with Gasteiger partial charge in [0.2, 0.25) is 11.8 Å². The maximum Gasteiger partial charge on any atom is 0.302 e. The van der Waals surface area contributed by atoms with E-state index in [1.54, 1.807) is 0 Å². The number of nitrogens with zero attached hydrogens (tertiary/aromatic N) is 1. The standard InChI is InChI=1S/C15H21NO4/c1-4-7-16-14(18)12-9(2)5-6-11(8-20-10(3)17)13(12)15(16)19/h5-6,9,11-13H,4,7-8H2,1-3H3. The fourth-order valence-corrected chi connectivity index (χ4v) is 3.15. The van der Waals surface area contributed by atoms with E-state index in [9.17, 15) is 14.4 Å². The second-order valence-corrected chi connectivity index (χ2v) is 5.59. The fraction of sp³-hybridized carbons (Fsp3) is 0.667. The lowest BCUT2D eigenvalue weighted by atomic mass is 9.73. The van der Waals surface area contributed by atoms with Crippen molar-refractivity contribution in [2.24, 2.45) is 23.7 Å². The Bertz CT molecular complexity index is 457. The van der Waals surface area contributed by atoms with Crippen molar-refractivity contribution >= 4 is 17.8 Å². The molecular weight excluding hydrogens is 258 g/mol. The summed E-state index contributed by atoms with van der Waals surface area (Å²) < 4.78 is 5.03. The minimum atomic E-state index is -0.381. The minimum Gasteiger partial charge on any atom is -0.465 e. The molecule has 1 fully saturated rings. The van der Waals surface area contributed by atoms with Crippen molar-refractivity contribution in [3.05, 3.63) is 12.2 Å². The average molecular weight is 279 g/mol. The lowest BCUT2D eigenvalue weighted by Gasteiger charge is -2.29. The Balaban J connectivity index is 2.22. The molecule has 0 aromatic carbocycles. The molecule has 0 aromatic heterocycles. The van der Waals surface area contributed by atoms with Gasteiger partial charge in [-0.15, -0.1) is 0 Å². The number of carbonyl (C=O) groups is 3. The van der Waals surface area contributed by atoms with Crippen molar-refractivity contribution in [2.45, 2.75) is 27.2 Å². The monoisotopic (exact) mass is 279 g/mol. The van der Waals surface area contributed by atoms with E-state index in [0.717, 1.165) is 6.42 Å². The molecule has 1 aliphatic heterocycles. The predicted octanol–water partition coefficient (Wildman–Crippen LogP) is 1.38. The summed E-state index contributed by atoms with van der Waals surface area (Å²) in [6, 6.07) is 0. The van der Waals surface area contributed by atoms with Gasteiger partial charge >= 0.3 is 5.97 Å². The molecule has 20 heavy (non-hydrogen) atoms. The Morgan fingerprint density at radius 2 is 1.90 bits per heavy atom. The third-order valence-electron chi connectivity index (χ3n) is 4.11. The molecule has 0 bridgehead atoms. The number of allylic oxidation sites excluding steroid dienone is 1. The number of hydrogen-bond acceptors (Lipinski definition) is 4. The molecule has 110 valence electrons. The fourth-order valence-electron chi connectivity index (χ4n) is 3.15. The molecule has 0 saturated carbocycles. The van der Waals surface area contributed by atoms with Gasteiger partial charge in [0.25, 0.3) is 0 Å². The molecule has 4 atom stereocenters. The number of likely N-dealkylation sites (tertiary alicyclic amines) is 1. The molecule has 0 radical (unpaired) electrons. The van der Waals surface area contributed by atoms with Crippen LogP contribution in [0.3, 0.4) is 0 Å². The van der Waals surface area contributed by atoms with Crippen LogP contribution in [0.25, 0.3) is 0 Å². The predicted molar refractivity (Wildman–Crippen MR) is 72.4 cm³/mol. The molecule has 5 heteroatoms. The van der Waals surface area contributed by atoms with Crippen molar-refractivity contribution in [1.82, 2.24) is 4.90 Å². The van der Waals surface area contributed by atoms with Crippen LogP contribution in [-0.2, 0) is 19.1 Å². The zero-order chi connectivity index (χ0) is 14.9. The van der Waals surface area contributed by atoms with Gasteiger partial charge in [-0.25, -0.2) is 0 Å². The molecule has 2 rings (SSSR count). The minimum absolute atomic E-state index is 0.0480. The number of carbonyl (C=O) groups excluding carboxylic acids is 3. The van der Waals surface area contributed by atoms with E-state index >= 15 is 0 Å². The highest BCUT2D eigenvalue weighted by molar-refractivity contribution is 6.05. The van der Waals surface area contributed by atoms with Gasteiger partial charge < -0.3 is 4.74 Å². The number of hydrogen-bond donors (Lipinski definition) is 0. The highest BCUT2D eigenvalue weighted by Gasteiger charge is 2.53. The number of ether oxygens (including phenoxy) is 1. The summed E-state index contributed by atoms with van der Waals surface area (Å²) in [7, 11) is 0. The maximum absolute atomic E-state index is 12.5. The molecule has 2 amide bonds. The maximum atomic E-state index is 12.5. The van der Waals surface area contributed by atoms with E-state index < -0.39 is 0 Å². The summed E-state index contributed by atoms with van der Waals surface area (Å²) in [5.74, 6) is -1.39. The SMILES string of the molecule is CCCN1C(=O)C2C(C)C=CC(COC(C)=O)C2C1=O. The molecule has 1 saturated heterocycles. The van der Waals surface area contributed by atoms with E-state index in [4.69, 9.17) is 4.74 Å². The normalized spacial score (nSPS) is 32.5. The van der Waals surface area contributed by atoms with Crippen molar-refractivity contribution in [3.63, 3.8) is 0 Å². The molecule has 5 nitrogen and oxygen atoms in total. The average Bonchev–Trinajstić information content (AvgIpc) is 2.64. The zero-order valence-electron chi connectivity index (χ0n) is 12.2. The second-order valence-electron chi connectivity index (χ2n) is 5.59. The third kappa shape index (κ3) is 2.49. The largest absolute Gasteiger partial charge is 0.465 e. The van der Waals surface area contributed by atoms with Crippen LogP contribution in [0, 0.1) is 23.7 Å². The Morgan fingerprint density at radius 3 is 2.50 bits per heavy atom. The summed E-state index contributed by atoms with van der Waals surface area (Å²) in [6.07, 6.45) is 4.62. The van der Waals surface area contributed by atoms with Gasteiger partial charge in [-0.3, -0.25) is 19.3 Å². The highest BCUT2D eigenvalue weighted by Crippen LogP contribution is 2.41. The zero-order valence-corrected chi connectivity index (χ0v) is 12.2. The number of imide groups is 1. The Kier molecular flexibility index (Phi) is 4.26. The van der Waals surface area contributed by atoms with Gasteiger partial charge in [0.05, 0.1) is 18.4 Å². The second kappa shape index (κ2) is 5.77. The molecule has 0 N–H and O–H groups in total. The van der Waals surface area contributed by atoms with Crippen molar-refractivity contribution in [1.29, 1.82) is 0 Å². The first-order chi connectivity index (χ1) is 9.47. The summed E-state index contributed by atoms with van der Waals surface area (Å²) in [4.78, 5) is 37.2. The van der Waals surface area contributed by atoms with Crippen LogP contribution in [0.5, 0.6) is 0 Å². The van der Waals surface area contributed by atoms with Crippen LogP contribution in [0.2, 0.25) is 0 Å². The van der Waals surface area contributed by atoms with E-state index in [1.807, 2.05) is 26.0 Å². The Labute approximate surface area is 119 Å². The summed E-state index contributed by atoms with van der Waals surface area (Å²) >= 11 is 0. The van der Waals surface area contributed by atoms with E-state index in [2.05, 4.69) is 0 Å². The van der Waals surface area contributed by atoms with Crippen LogP contribution in [0.1, 0.15) is 27.2 Å². The van der Waals surface area contributed by atoms with Gasteiger partial charge in [-0.05, 0) is 12.3 Å². The quantitative estimate of drug-likeness (QED) is 0.443. The molecule has 4 unspecified atom stereocenters. The molecule has 0 aromatic rings. The van der Waals surface area contributed by atoms with Crippen molar-refractivity contribution < 1.29 is 19.1 Å². The molecule has 0 spiro atoms. The number of amides is 2. The van der Waals surface area contributed by atoms with Gasteiger partial charge in [0.1, 0.15) is 0 Å². The number of rotatable bonds is 4. The Hall–Kier alpha value is -1.65. The molecular formula is C15H21NO4. The molecule has 1 aliphatic carbocycles. The first-order valence-electron chi connectivity index (χ1n) is 7.14. The first kappa shape index (κ1) is 14.8. The summed E-state index contributed by atoms with van der Waals surface area (Å²) in [5.41, 5.74) is 0. The molecule has 2 aliphatic rings. The third-order valence-corrected chi connectivity index (χ3v) is 4.11. The topological polar surface area (TPSA) is 63.7 Å².